The number of hydrogen-bond donors (Lipinski definition) is 4. The van der Waals surface area contributed by atoms with Crippen molar-refractivity contribution in [2.24, 2.45) is 5.73 Å². The summed E-state index contributed by atoms with van der Waals surface area (Å²) in [4.78, 5) is 25.2. The molecule has 0 fully saturated rings. The van der Waals surface area contributed by atoms with Gasteiger partial charge in [-0.15, -0.1) is 0 Å². The van der Waals surface area contributed by atoms with Gasteiger partial charge in [-0.1, -0.05) is 0 Å². The Bertz CT molecular complexity index is 285. The normalized spacial score (nSPS) is 23.1. The summed E-state index contributed by atoms with van der Waals surface area (Å²) in [5.74, 6) is 0. The van der Waals surface area contributed by atoms with Crippen molar-refractivity contribution in [3.05, 3.63) is 0 Å². The van der Waals surface area contributed by atoms with Crippen LogP contribution < -0.4 is 5.73 Å². The largest absolute Gasteiger partial charge is 0.486 e. The van der Waals surface area contributed by atoms with Crippen molar-refractivity contribution >= 4 is 23.7 Å². The quantitative estimate of drug-likeness (QED) is 0.479. The second kappa shape index (κ2) is 4.79. The van der Waals surface area contributed by atoms with Crippen LogP contribution in [-0.2, 0) is 22.3 Å². The maximum absolute atomic E-state index is 10.6. The molecule has 12 heteroatoms. The molecule has 0 aromatic rings. The molecule has 0 aliphatic rings. The molecule has 0 amide bonds. The van der Waals surface area contributed by atoms with Crippen LogP contribution in [0.3, 0.4) is 0 Å². The van der Waals surface area contributed by atoms with Gasteiger partial charge in [0.2, 0.25) is 0 Å². The average molecular weight is 255 g/mol. The summed E-state index contributed by atoms with van der Waals surface area (Å²) in [5, 5.41) is 0. The molecule has 0 aromatic heterocycles. The fourth-order valence-electron chi connectivity index (χ4n) is 0.310. The lowest BCUT2D eigenvalue weighted by Gasteiger charge is -2.12. The van der Waals surface area contributed by atoms with E-state index < -0.39 is 30.0 Å². The van der Waals surface area contributed by atoms with E-state index >= 15 is 0 Å². The predicted octanol–water partition coefficient (Wildman–Crippen LogP) is -0.396. The van der Waals surface area contributed by atoms with E-state index in [-0.39, 0.29) is 0 Å². The minimum Gasteiger partial charge on any atom is -0.326 e. The molecular formula is CH8NO8P3. The molecule has 0 saturated heterocycles. The minimum atomic E-state index is -5.00. The second-order valence-electron chi connectivity index (χ2n) is 1.73. The zero-order chi connectivity index (χ0) is 10.7. The topological polar surface area (TPSA) is 156 Å². The molecule has 0 rings (SSSR count). The highest BCUT2D eigenvalue weighted by atomic mass is 31.3. The third kappa shape index (κ3) is 6.51. The first kappa shape index (κ1) is 13.4. The number of nitrogens with two attached hydrogens (primary N) is 1. The maximum Gasteiger partial charge on any atom is 0.486 e. The molecule has 3 unspecified atom stereocenters. The Balaban J connectivity index is 4.43. The molecule has 9 nitrogen and oxygen atoms in total. The van der Waals surface area contributed by atoms with Crippen LogP contribution in [0.1, 0.15) is 0 Å². The Morgan fingerprint density at radius 2 is 1.85 bits per heavy atom. The van der Waals surface area contributed by atoms with E-state index in [0.29, 0.717) is 0 Å². The van der Waals surface area contributed by atoms with Gasteiger partial charge in [0.05, 0.1) is 6.29 Å². The van der Waals surface area contributed by atoms with Gasteiger partial charge in [-0.2, -0.15) is 0 Å². The molecule has 0 aliphatic heterocycles. The van der Waals surface area contributed by atoms with E-state index in [2.05, 4.69) is 14.4 Å². The third-order valence-electron chi connectivity index (χ3n) is 0.655. The fourth-order valence-corrected chi connectivity index (χ4v) is 3.09. The molecule has 0 spiro atoms. The van der Waals surface area contributed by atoms with E-state index in [9.17, 15) is 13.7 Å². The van der Waals surface area contributed by atoms with Crippen LogP contribution in [0.4, 0.5) is 0 Å². The van der Waals surface area contributed by atoms with Crippen LogP contribution in [0.25, 0.3) is 0 Å². The van der Waals surface area contributed by atoms with Gasteiger partial charge in [-0.3, -0.25) is 9.13 Å². The Hall–Kier alpha value is 0.450. The Labute approximate surface area is 73.6 Å². The lowest BCUT2D eigenvalue weighted by molar-refractivity contribution is 0.263. The average Bonchev–Trinajstić information content (AvgIpc) is 1.81. The number of phosphoric acid groups is 1. The third-order valence-corrected chi connectivity index (χ3v) is 4.51. The van der Waals surface area contributed by atoms with Gasteiger partial charge in [-0.05, 0) is 0 Å². The lowest BCUT2D eigenvalue weighted by atomic mass is 11.6. The minimum absolute atomic E-state index is 0.909. The number of rotatable bonds is 5. The van der Waals surface area contributed by atoms with Gasteiger partial charge in [0.15, 0.2) is 0 Å². The van der Waals surface area contributed by atoms with Gasteiger partial charge >= 0.3 is 23.7 Å². The summed E-state index contributed by atoms with van der Waals surface area (Å²) in [6, 6.07) is 0. The van der Waals surface area contributed by atoms with Gasteiger partial charge in [-0.25, -0.2) is 13.2 Å². The summed E-state index contributed by atoms with van der Waals surface area (Å²) in [6.07, 6.45) is -0.909. The SMILES string of the molecule is NCP(=O)(O)OP(=O)(O)O[PH](=O)O. The summed E-state index contributed by atoms with van der Waals surface area (Å²) >= 11 is 0. The van der Waals surface area contributed by atoms with Crippen molar-refractivity contribution in [1.82, 2.24) is 0 Å². The van der Waals surface area contributed by atoms with Crippen molar-refractivity contribution in [3.8, 4) is 0 Å². The molecule has 13 heavy (non-hydrogen) atoms. The summed E-state index contributed by atoms with van der Waals surface area (Å²) in [6.45, 7) is 0. The molecule has 0 radical (unpaired) electrons. The maximum atomic E-state index is 10.6. The molecular weight excluding hydrogens is 247 g/mol. The first-order valence-corrected chi connectivity index (χ1v) is 7.19. The van der Waals surface area contributed by atoms with Crippen molar-refractivity contribution < 1.29 is 37.0 Å². The van der Waals surface area contributed by atoms with Crippen LogP contribution >= 0.6 is 23.7 Å². The predicted molar refractivity (Wildman–Crippen MR) is 42.1 cm³/mol. The van der Waals surface area contributed by atoms with Gasteiger partial charge in [0.25, 0.3) is 0 Å². The van der Waals surface area contributed by atoms with Crippen LogP contribution in [0.2, 0.25) is 0 Å². The van der Waals surface area contributed by atoms with Crippen LogP contribution in [-0.4, -0.2) is 21.0 Å². The first-order chi connectivity index (χ1) is 5.68. The molecule has 0 aliphatic carbocycles. The lowest BCUT2D eigenvalue weighted by Crippen LogP contribution is -2.02. The zero-order valence-corrected chi connectivity index (χ0v) is 8.85. The highest BCUT2D eigenvalue weighted by Gasteiger charge is 2.33. The molecule has 5 N–H and O–H groups in total. The van der Waals surface area contributed by atoms with Crippen LogP contribution in [0.5, 0.6) is 0 Å². The Morgan fingerprint density at radius 1 is 1.38 bits per heavy atom. The van der Waals surface area contributed by atoms with Gasteiger partial charge < -0.3 is 20.4 Å². The van der Waals surface area contributed by atoms with Crippen molar-refractivity contribution in [2.45, 2.75) is 0 Å². The fraction of sp³-hybridized carbons (Fsp3) is 1.00. The summed E-state index contributed by atoms with van der Waals surface area (Å²) in [5.41, 5.74) is 4.69. The molecule has 80 valence electrons. The Kier molecular flexibility index (Phi) is 4.96. The molecule has 0 saturated carbocycles. The molecule has 3 atom stereocenters. The smallest absolute Gasteiger partial charge is 0.326 e. The van der Waals surface area contributed by atoms with E-state index in [4.69, 9.17) is 14.7 Å². The van der Waals surface area contributed by atoms with Crippen molar-refractivity contribution in [3.63, 3.8) is 0 Å². The second-order valence-corrected chi connectivity index (χ2v) is 6.22. The van der Waals surface area contributed by atoms with E-state index in [0.717, 1.165) is 0 Å². The van der Waals surface area contributed by atoms with Gasteiger partial charge in [0, 0.05) is 0 Å². The van der Waals surface area contributed by atoms with Crippen molar-refractivity contribution in [1.29, 1.82) is 0 Å². The highest BCUT2D eigenvalue weighted by molar-refractivity contribution is 7.66. The standard InChI is InChI=1S/CH8NO8P3/c2-1-12(5,6)10-13(7,8)9-11(3)4/h11H,1-2H2,(H,3,4)(H,5,6)(H,7,8). The molecule has 0 bridgehead atoms. The van der Waals surface area contributed by atoms with Gasteiger partial charge in [0.1, 0.15) is 0 Å². The first-order valence-electron chi connectivity index (χ1n) is 2.67. The monoisotopic (exact) mass is 255 g/mol. The highest BCUT2D eigenvalue weighted by Crippen LogP contribution is 2.62. The summed E-state index contributed by atoms with van der Waals surface area (Å²) in [7, 11) is -13.2. The van der Waals surface area contributed by atoms with Crippen molar-refractivity contribution in [2.75, 3.05) is 6.29 Å². The summed E-state index contributed by atoms with van der Waals surface area (Å²) < 4.78 is 38.2. The van der Waals surface area contributed by atoms with E-state index in [1.807, 2.05) is 0 Å². The number of hydrogen-bond acceptors (Lipinski definition) is 6. The van der Waals surface area contributed by atoms with Crippen LogP contribution in [0.15, 0.2) is 0 Å². The Morgan fingerprint density at radius 3 is 2.15 bits per heavy atom. The molecule has 0 heterocycles. The van der Waals surface area contributed by atoms with E-state index in [1.54, 1.807) is 0 Å². The zero-order valence-electron chi connectivity index (χ0n) is 6.06. The van der Waals surface area contributed by atoms with Crippen LogP contribution in [0, 0.1) is 0 Å². The van der Waals surface area contributed by atoms with E-state index in [1.165, 1.54) is 0 Å². The molecule has 0 aromatic carbocycles.